The molecule has 0 aliphatic heterocycles. The molecule has 0 radical (unpaired) electrons. The third-order valence-corrected chi connectivity index (χ3v) is 4.68. The van der Waals surface area contributed by atoms with Gasteiger partial charge < -0.3 is 5.11 Å². The summed E-state index contributed by atoms with van der Waals surface area (Å²) in [5.41, 5.74) is 0.0752. The number of carbonyl (C=O) groups is 1. The summed E-state index contributed by atoms with van der Waals surface area (Å²) in [6.45, 7) is 1.99. The van der Waals surface area contributed by atoms with E-state index in [0.717, 1.165) is 25.7 Å². The number of phenolic OH excluding ortho intramolecular Hbond substituents is 1. The van der Waals surface area contributed by atoms with Gasteiger partial charge in [0.1, 0.15) is 10.8 Å². The SMILES string of the molecule is CC1(C(=O)c2ccc(O)c(Cl)c2Cl)CCCCC1. The van der Waals surface area contributed by atoms with Gasteiger partial charge in [0.15, 0.2) is 5.78 Å². The molecule has 1 aliphatic carbocycles. The molecule has 0 bridgehead atoms. The Morgan fingerprint density at radius 1 is 1.17 bits per heavy atom. The number of halogens is 2. The summed E-state index contributed by atoms with van der Waals surface area (Å²) in [6.07, 6.45) is 5.12. The molecule has 98 valence electrons. The molecular formula is C14H16Cl2O2. The quantitative estimate of drug-likeness (QED) is 0.789. The highest BCUT2D eigenvalue weighted by molar-refractivity contribution is 6.44. The van der Waals surface area contributed by atoms with Crippen LogP contribution in [0.1, 0.15) is 49.4 Å². The van der Waals surface area contributed by atoms with Crippen LogP contribution in [0, 0.1) is 5.41 Å². The Bertz CT molecular complexity index is 477. The van der Waals surface area contributed by atoms with Gasteiger partial charge in [-0.15, -0.1) is 0 Å². The Hall–Kier alpha value is -0.730. The topological polar surface area (TPSA) is 37.3 Å². The maximum Gasteiger partial charge on any atom is 0.170 e. The molecule has 0 atom stereocenters. The van der Waals surface area contributed by atoms with Crippen LogP contribution in [0.2, 0.25) is 10.0 Å². The van der Waals surface area contributed by atoms with Crippen molar-refractivity contribution in [2.24, 2.45) is 5.41 Å². The van der Waals surface area contributed by atoms with Crippen LogP contribution in [-0.2, 0) is 0 Å². The van der Waals surface area contributed by atoms with E-state index in [9.17, 15) is 9.90 Å². The van der Waals surface area contributed by atoms with Crippen molar-refractivity contribution in [1.29, 1.82) is 0 Å². The van der Waals surface area contributed by atoms with Crippen LogP contribution in [0.5, 0.6) is 5.75 Å². The molecule has 0 aromatic heterocycles. The molecule has 18 heavy (non-hydrogen) atoms. The molecule has 1 N–H and O–H groups in total. The van der Waals surface area contributed by atoms with Crippen molar-refractivity contribution < 1.29 is 9.90 Å². The van der Waals surface area contributed by atoms with Crippen molar-refractivity contribution in [3.8, 4) is 5.75 Å². The first-order valence-corrected chi connectivity index (χ1v) is 6.93. The van der Waals surface area contributed by atoms with E-state index in [1.54, 1.807) is 6.07 Å². The molecular weight excluding hydrogens is 271 g/mol. The third kappa shape index (κ3) is 2.36. The second-order valence-electron chi connectivity index (χ2n) is 5.21. The van der Waals surface area contributed by atoms with E-state index >= 15 is 0 Å². The molecule has 0 heterocycles. The van der Waals surface area contributed by atoms with E-state index in [4.69, 9.17) is 23.2 Å². The first-order valence-electron chi connectivity index (χ1n) is 6.17. The van der Waals surface area contributed by atoms with Crippen LogP contribution < -0.4 is 0 Å². The molecule has 4 heteroatoms. The highest BCUT2D eigenvalue weighted by Crippen LogP contribution is 2.42. The normalized spacial score (nSPS) is 18.6. The van der Waals surface area contributed by atoms with Crippen molar-refractivity contribution >= 4 is 29.0 Å². The van der Waals surface area contributed by atoms with Crippen molar-refractivity contribution in [2.45, 2.75) is 39.0 Å². The molecule has 1 aromatic rings. The Balaban J connectivity index is 2.37. The van der Waals surface area contributed by atoms with Gasteiger partial charge in [0.25, 0.3) is 0 Å². The Morgan fingerprint density at radius 3 is 2.39 bits per heavy atom. The average molecular weight is 287 g/mol. The highest BCUT2D eigenvalue weighted by atomic mass is 35.5. The van der Waals surface area contributed by atoms with Gasteiger partial charge in [-0.2, -0.15) is 0 Å². The number of ketones is 1. The first-order chi connectivity index (χ1) is 8.46. The van der Waals surface area contributed by atoms with E-state index < -0.39 is 0 Å². The summed E-state index contributed by atoms with van der Waals surface area (Å²) in [5.74, 6) is -0.0545. The minimum absolute atomic E-state index is 0.0362. The van der Waals surface area contributed by atoms with Gasteiger partial charge in [-0.3, -0.25) is 4.79 Å². The fraction of sp³-hybridized carbons (Fsp3) is 0.500. The van der Waals surface area contributed by atoms with Crippen molar-refractivity contribution in [2.75, 3.05) is 0 Å². The van der Waals surface area contributed by atoms with E-state index in [1.807, 2.05) is 6.92 Å². The van der Waals surface area contributed by atoms with E-state index in [2.05, 4.69) is 0 Å². The van der Waals surface area contributed by atoms with E-state index in [0.29, 0.717) is 5.56 Å². The van der Waals surface area contributed by atoms with Crippen LogP contribution in [0.15, 0.2) is 12.1 Å². The van der Waals surface area contributed by atoms with Gasteiger partial charge in [-0.1, -0.05) is 49.4 Å². The lowest BCUT2D eigenvalue weighted by Crippen LogP contribution is -2.30. The van der Waals surface area contributed by atoms with Crippen LogP contribution in [-0.4, -0.2) is 10.9 Å². The molecule has 0 amide bonds. The summed E-state index contributed by atoms with van der Waals surface area (Å²) >= 11 is 11.9. The summed E-state index contributed by atoms with van der Waals surface area (Å²) in [4.78, 5) is 12.6. The predicted octanol–water partition coefficient (Wildman–Crippen LogP) is 4.85. The molecule has 1 aromatic carbocycles. The standard InChI is InChI=1S/C14H16Cl2O2/c1-14(7-3-2-4-8-14)13(18)9-5-6-10(17)12(16)11(9)15/h5-6,17H,2-4,7-8H2,1H3. The number of rotatable bonds is 2. The number of carbonyl (C=O) groups excluding carboxylic acids is 1. The number of phenols is 1. The first kappa shape index (κ1) is 13.7. The molecule has 2 nitrogen and oxygen atoms in total. The van der Waals surface area contributed by atoms with Gasteiger partial charge in [-0.05, 0) is 25.0 Å². The van der Waals surface area contributed by atoms with E-state index in [1.165, 1.54) is 12.5 Å². The lowest BCUT2D eigenvalue weighted by Gasteiger charge is -2.32. The van der Waals surface area contributed by atoms with E-state index in [-0.39, 0.29) is 27.0 Å². The number of hydrogen-bond donors (Lipinski definition) is 1. The fourth-order valence-corrected chi connectivity index (χ4v) is 3.01. The Kier molecular flexibility index (Phi) is 3.88. The van der Waals surface area contributed by atoms with Gasteiger partial charge in [-0.25, -0.2) is 0 Å². The molecule has 2 rings (SSSR count). The van der Waals surface area contributed by atoms with Crippen LogP contribution >= 0.6 is 23.2 Å². The average Bonchev–Trinajstić information content (AvgIpc) is 2.36. The third-order valence-electron chi connectivity index (χ3n) is 3.81. The van der Waals surface area contributed by atoms with Gasteiger partial charge in [0.05, 0.1) is 5.02 Å². The summed E-state index contributed by atoms with van der Waals surface area (Å²) < 4.78 is 0. The van der Waals surface area contributed by atoms with Crippen LogP contribution in [0.3, 0.4) is 0 Å². The summed E-state index contributed by atoms with van der Waals surface area (Å²) in [6, 6.07) is 2.99. The predicted molar refractivity (Wildman–Crippen MR) is 73.6 cm³/mol. The van der Waals surface area contributed by atoms with Crippen LogP contribution in [0.25, 0.3) is 0 Å². The van der Waals surface area contributed by atoms with Crippen molar-refractivity contribution in [1.82, 2.24) is 0 Å². The summed E-state index contributed by atoms with van der Waals surface area (Å²) in [5, 5.41) is 9.67. The second kappa shape index (κ2) is 5.10. The highest BCUT2D eigenvalue weighted by Gasteiger charge is 2.36. The van der Waals surface area contributed by atoms with Crippen molar-refractivity contribution in [3.05, 3.63) is 27.7 Å². The maximum atomic E-state index is 12.6. The van der Waals surface area contributed by atoms with Gasteiger partial charge >= 0.3 is 0 Å². The molecule has 1 aliphatic rings. The number of aromatic hydroxyl groups is 1. The molecule has 0 unspecified atom stereocenters. The minimum Gasteiger partial charge on any atom is -0.506 e. The van der Waals surface area contributed by atoms with Crippen LogP contribution in [0.4, 0.5) is 0 Å². The Morgan fingerprint density at radius 2 is 1.78 bits per heavy atom. The summed E-state index contributed by atoms with van der Waals surface area (Å²) in [7, 11) is 0. The molecule has 0 spiro atoms. The number of hydrogen-bond acceptors (Lipinski definition) is 2. The largest absolute Gasteiger partial charge is 0.506 e. The molecule has 0 saturated heterocycles. The zero-order valence-electron chi connectivity index (χ0n) is 10.3. The molecule has 1 fully saturated rings. The minimum atomic E-state index is -0.345. The number of Topliss-reactive ketones (excluding diaryl/α,β-unsaturated/α-hetero) is 1. The lowest BCUT2D eigenvalue weighted by molar-refractivity contribution is 0.0749. The smallest absolute Gasteiger partial charge is 0.170 e. The fourth-order valence-electron chi connectivity index (χ4n) is 2.60. The maximum absolute atomic E-state index is 12.6. The molecule has 1 saturated carbocycles. The zero-order chi connectivity index (χ0) is 13.3. The lowest BCUT2D eigenvalue weighted by atomic mass is 9.71. The van der Waals surface area contributed by atoms with Crippen molar-refractivity contribution in [3.63, 3.8) is 0 Å². The zero-order valence-corrected chi connectivity index (χ0v) is 11.8. The van der Waals surface area contributed by atoms with Gasteiger partial charge in [0, 0.05) is 11.0 Å². The second-order valence-corrected chi connectivity index (χ2v) is 5.97. The monoisotopic (exact) mass is 286 g/mol. The number of benzene rings is 1. The van der Waals surface area contributed by atoms with Gasteiger partial charge in [0.2, 0.25) is 0 Å². The Labute approximate surface area is 117 Å².